The topological polar surface area (TPSA) is 55.1 Å². The number of nitrogens with one attached hydrogen (secondary N) is 1. The van der Waals surface area contributed by atoms with Gasteiger partial charge in [0.1, 0.15) is 5.82 Å². The molecule has 0 saturated heterocycles. The quantitative estimate of drug-likeness (QED) is 0.865. The van der Waals surface area contributed by atoms with E-state index in [1.54, 1.807) is 19.1 Å². The van der Waals surface area contributed by atoms with Crippen molar-refractivity contribution in [2.75, 3.05) is 6.54 Å². The zero-order valence-electron chi connectivity index (χ0n) is 10.1. The van der Waals surface area contributed by atoms with Crippen molar-refractivity contribution in [3.05, 3.63) is 34.1 Å². The van der Waals surface area contributed by atoms with Crippen molar-refractivity contribution in [3.8, 4) is 0 Å². The van der Waals surface area contributed by atoms with Gasteiger partial charge in [0.25, 0.3) is 0 Å². The predicted molar refractivity (Wildman–Crippen MR) is 76.3 cm³/mol. The number of rotatable bonds is 5. The molecule has 0 saturated carbocycles. The second-order valence-corrected chi connectivity index (χ2v) is 4.88. The molecule has 102 valence electrons. The highest BCUT2D eigenvalue weighted by Crippen LogP contribution is 2.16. The summed E-state index contributed by atoms with van der Waals surface area (Å²) in [7, 11) is 0. The molecule has 1 rings (SSSR count). The lowest BCUT2D eigenvalue weighted by Crippen LogP contribution is -2.31. The average Bonchev–Trinajstić information content (AvgIpc) is 2.22. The van der Waals surface area contributed by atoms with Gasteiger partial charge in [-0.15, -0.1) is 12.4 Å². The van der Waals surface area contributed by atoms with Gasteiger partial charge in [0.05, 0.1) is 4.47 Å². The van der Waals surface area contributed by atoms with Gasteiger partial charge in [0.2, 0.25) is 5.91 Å². The summed E-state index contributed by atoms with van der Waals surface area (Å²) in [4.78, 5) is 11.3. The summed E-state index contributed by atoms with van der Waals surface area (Å²) < 4.78 is 13.4. The van der Waals surface area contributed by atoms with Crippen molar-refractivity contribution in [2.45, 2.75) is 25.8 Å². The monoisotopic (exact) mass is 338 g/mol. The molecule has 0 aliphatic heterocycles. The molecule has 0 fully saturated rings. The standard InChI is InChI=1S/C12H16BrFN2O.ClH/c1-8(15)6-12(17)16-5-4-9-2-3-11(14)10(13)7-9;/h2-3,7-8H,4-6,15H2,1H3,(H,16,17);1H. The van der Waals surface area contributed by atoms with Gasteiger partial charge in [-0.3, -0.25) is 4.79 Å². The van der Waals surface area contributed by atoms with Crippen LogP contribution in [0.1, 0.15) is 18.9 Å². The van der Waals surface area contributed by atoms with Crippen LogP contribution >= 0.6 is 28.3 Å². The summed E-state index contributed by atoms with van der Waals surface area (Å²) in [5.74, 6) is -0.337. The van der Waals surface area contributed by atoms with E-state index in [1.807, 2.05) is 0 Å². The number of nitrogens with two attached hydrogens (primary N) is 1. The molecule has 1 aromatic carbocycles. The Labute approximate surface area is 121 Å². The fourth-order valence-corrected chi connectivity index (χ4v) is 1.83. The van der Waals surface area contributed by atoms with Crippen molar-refractivity contribution in [1.82, 2.24) is 5.32 Å². The Balaban J connectivity index is 0.00000289. The lowest BCUT2D eigenvalue weighted by atomic mass is 10.1. The third-order valence-electron chi connectivity index (χ3n) is 2.23. The number of hydrogen-bond acceptors (Lipinski definition) is 2. The van der Waals surface area contributed by atoms with Gasteiger partial charge in [-0.25, -0.2) is 4.39 Å². The van der Waals surface area contributed by atoms with Crippen molar-refractivity contribution < 1.29 is 9.18 Å². The highest BCUT2D eigenvalue weighted by molar-refractivity contribution is 9.10. The van der Waals surface area contributed by atoms with E-state index >= 15 is 0 Å². The van der Waals surface area contributed by atoms with Crippen molar-refractivity contribution in [3.63, 3.8) is 0 Å². The molecule has 18 heavy (non-hydrogen) atoms. The first-order chi connectivity index (χ1) is 7.99. The fraction of sp³-hybridized carbons (Fsp3) is 0.417. The van der Waals surface area contributed by atoms with Gasteiger partial charge in [-0.1, -0.05) is 6.07 Å². The van der Waals surface area contributed by atoms with Crippen LogP contribution in [0.15, 0.2) is 22.7 Å². The number of benzene rings is 1. The van der Waals surface area contributed by atoms with Crippen molar-refractivity contribution in [1.29, 1.82) is 0 Å². The van der Waals surface area contributed by atoms with Crippen molar-refractivity contribution in [2.24, 2.45) is 5.73 Å². The first-order valence-electron chi connectivity index (χ1n) is 5.45. The number of carbonyl (C=O) groups is 1. The molecule has 0 aliphatic carbocycles. The van der Waals surface area contributed by atoms with Crippen LogP contribution in [0, 0.1) is 5.82 Å². The van der Waals surface area contributed by atoms with Gasteiger partial charge < -0.3 is 11.1 Å². The third kappa shape index (κ3) is 6.33. The van der Waals surface area contributed by atoms with Crippen LogP contribution < -0.4 is 11.1 Å². The maximum Gasteiger partial charge on any atom is 0.221 e. The van der Waals surface area contributed by atoms with Gasteiger partial charge >= 0.3 is 0 Å². The van der Waals surface area contributed by atoms with Crippen molar-refractivity contribution >= 4 is 34.2 Å². The molecule has 0 aliphatic rings. The highest BCUT2D eigenvalue weighted by Gasteiger charge is 2.05. The number of halogens is 3. The number of hydrogen-bond donors (Lipinski definition) is 2. The Bertz CT molecular complexity index is 402. The van der Waals surface area contributed by atoms with Crippen LogP contribution in [0.4, 0.5) is 4.39 Å². The largest absolute Gasteiger partial charge is 0.356 e. The van der Waals surface area contributed by atoms with E-state index in [1.165, 1.54) is 6.07 Å². The highest BCUT2D eigenvalue weighted by atomic mass is 79.9. The fourth-order valence-electron chi connectivity index (χ4n) is 1.41. The Kier molecular flexibility index (Phi) is 8.15. The molecule has 0 spiro atoms. The smallest absolute Gasteiger partial charge is 0.221 e. The minimum atomic E-state index is -0.283. The molecule has 0 aromatic heterocycles. The van der Waals surface area contributed by atoms with Gasteiger partial charge in [-0.2, -0.15) is 0 Å². The SMILES string of the molecule is CC(N)CC(=O)NCCc1ccc(F)c(Br)c1.Cl. The normalized spacial score (nSPS) is 11.6. The zero-order chi connectivity index (χ0) is 12.8. The second kappa shape index (κ2) is 8.45. The minimum absolute atomic E-state index is 0. The summed E-state index contributed by atoms with van der Waals surface area (Å²) in [6, 6.07) is 4.70. The minimum Gasteiger partial charge on any atom is -0.356 e. The average molecular weight is 340 g/mol. The van der Waals surface area contributed by atoms with Crippen LogP contribution in [-0.4, -0.2) is 18.5 Å². The summed E-state index contributed by atoms with van der Waals surface area (Å²) in [5, 5.41) is 2.77. The molecule has 6 heteroatoms. The van der Waals surface area contributed by atoms with Crippen LogP contribution in [0.5, 0.6) is 0 Å². The summed E-state index contributed by atoms with van der Waals surface area (Å²) in [6.07, 6.45) is 0.997. The third-order valence-corrected chi connectivity index (χ3v) is 2.83. The maximum atomic E-state index is 13.0. The zero-order valence-corrected chi connectivity index (χ0v) is 12.5. The lowest BCUT2D eigenvalue weighted by Gasteiger charge is -2.07. The summed E-state index contributed by atoms with van der Waals surface area (Å²) in [6.45, 7) is 2.32. The van der Waals surface area contributed by atoms with E-state index in [4.69, 9.17) is 5.73 Å². The lowest BCUT2D eigenvalue weighted by molar-refractivity contribution is -0.121. The molecule has 1 unspecified atom stereocenters. The van der Waals surface area contributed by atoms with E-state index < -0.39 is 0 Å². The first kappa shape index (κ1) is 17.4. The summed E-state index contributed by atoms with van der Waals surface area (Å²) >= 11 is 3.12. The Hall–Kier alpha value is -0.650. The molecule has 1 aromatic rings. The van der Waals surface area contributed by atoms with Crippen LogP contribution in [0.2, 0.25) is 0 Å². The molecule has 1 amide bonds. The van der Waals surface area contributed by atoms with E-state index in [-0.39, 0.29) is 30.2 Å². The molecule has 1 atom stereocenters. The van der Waals surface area contributed by atoms with E-state index in [9.17, 15) is 9.18 Å². The van der Waals surface area contributed by atoms with E-state index in [0.717, 1.165) is 5.56 Å². The van der Waals surface area contributed by atoms with E-state index in [0.29, 0.717) is 23.9 Å². The van der Waals surface area contributed by atoms with Gasteiger partial charge in [-0.05, 0) is 47.0 Å². The Morgan fingerprint density at radius 2 is 2.22 bits per heavy atom. The molecule has 0 bridgehead atoms. The Morgan fingerprint density at radius 1 is 1.56 bits per heavy atom. The molecule has 0 heterocycles. The maximum absolute atomic E-state index is 13.0. The Morgan fingerprint density at radius 3 is 2.78 bits per heavy atom. The van der Waals surface area contributed by atoms with Crippen LogP contribution in [0.3, 0.4) is 0 Å². The van der Waals surface area contributed by atoms with Crippen LogP contribution in [0.25, 0.3) is 0 Å². The molecular formula is C12H17BrClFN2O. The van der Waals surface area contributed by atoms with Gasteiger partial charge in [0.15, 0.2) is 0 Å². The molecule has 3 N–H and O–H groups in total. The molecule has 3 nitrogen and oxygen atoms in total. The van der Waals surface area contributed by atoms with Gasteiger partial charge in [0, 0.05) is 19.0 Å². The molecular weight excluding hydrogens is 322 g/mol. The van der Waals surface area contributed by atoms with Crippen LogP contribution in [-0.2, 0) is 11.2 Å². The number of amides is 1. The second-order valence-electron chi connectivity index (χ2n) is 4.03. The summed E-state index contributed by atoms with van der Waals surface area (Å²) in [5.41, 5.74) is 6.48. The number of carbonyl (C=O) groups excluding carboxylic acids is 1. The molecule has 0 radical (unpaired) electrons. The van der Waals surface area contributed by atoms with E-state index in [2.05, 4.69) is 21.2 Å². The predicted octanol–water partition coefficient (Wildman–Crippen LogP) is 2.41. The first-order valence-corrected chi connectivity index (χ1v) is 6.24.